The monoisotopic (exact) mass is 408 g/mol. The van der Waals surface area contributed by atoms with Gasteiger partial charge in [0.2, 0.25) is 0 Å². The van der Waals surface area contributed by atoms with Crippen molar-refractivity contribution < 1.29 is 9.53 Å². The second-order valence-corrected chi connectivity index (χ2v) is 7.10. The number of hydrogen-bond acceptors (Lipinski definition) is 3. The van der Waals surface area contributed by atoms with E-state index in [0.29, 0.717) is 12.3 Å². The summed E-state index contributed by atoms with van der Waals surface area (Å²) in [7, 11) is 0. The molecule has 4 aromatic rings. The fourth-order valence-electron chi connectivity index (χ4n) is 3.94. The summed E-state index contributed by atoms with van der Waals surface area (Å²) >= 11 is 0. The normalized spacial score (nSPS) is 11.5. The first kappa shape index (κ1) is 20.4. The van der Waals surface area contributed by atoms with Gasteiger partial charge in [0, 0.05) is 12.3 Å². The maximum absolute atomic E-state index is 11.7. The van der Waals surface area contributed by atoms with Crippen LogP contribution in [0.1, 0.15) is 29.3 Å². The highest BCUT2D eigenvalue weighted by molar-refractivity contribution is 5.86. The van der Waals surface area contributed by atoms with Crippen molar-refractivity contribution in [1.29, 1.82) is 0 Å². The first-order valence-corrected chi connectivity index (χ1v) is 10.3. The first-order chi connectivity index (χ1) is 15.2. The summed E-state index contributed by atoms with van der Waals surface area (Å²) in [6.07, 6.45) is 6.87. The molecule has 4 nitrogen and oxygen atoms in total. The molecule has 0 N–H and O–H groups in total. The van der Waals surface area contributed by atoms with E-state index in [1.165, 1.54) is 6.08 Å². The van der Waals surface area contributed by atoms with E-state index < -0.39 is 5.54 Å². The van der Waals surface area contributed by atoms with Crippen molar-refractivity contribution in [2.75, 3.05) is 6.61 Å². The standard InChI is InChI=1S/C27H24N2O2/c1-2-31-26(30)19-18-25-20-29(21-28-25)27(22-12-6-3-7-13-22,23-14-8-4-9-15-23)24-16-10-5-11-17-24/h3-21H,2H2,1H3/b19-18+. The zero-order valence-corrected chi connectivity index (χ0v) is 17.4. The molecule has 0 aliphatic rings. The number of hydrogen-bond donors (Lipinski definition) is 0. The van der Waals surface area contributed by atoms with Crippen molar-refractivity contribution >= 4 is 12.0 Å². The summed E-state index contributed by atoms with van der Waals surface area (Å²) in [4.78, 5) is 16.3. The molecule has 0 bridgehead atoms. The molecule has 0 aliphatic heterocycles. The van der Waals surface area contributed by atoms with Crippen molar-refractivity contribution in [3.05, 3.63) is 132 Å². The highest BCUT2D eigenvalue weighted by Crippen LogP contribution is 2.40. The lowest BCUT2D eigenvalue weighted by atomic mass is 9.77. The zero-order valence-electron chi connectivity index (χ0n) is 17.4. The van der Waals surface area contributed by atoms with Gasteiger partial charge in [-0.3, -0.25) is 0 Å². The van der Waals surface area contributed by atoms with Crippen LogP contribution in [0.4, 0.5) is 0 Å². The molecule has 0 fully saturated rings. The molecule has 4 rings (SSSR count). The molecule has 0 amide bonds. The lowest BCUT2D eigenvalue weighted by Gasteiger charge is -2.37. The minimum atomic E-state index is -0.618. The van der Waals surface area contributed by atoms with Crippen LogP contribution in [0.5, 0.6) is 0 Å². The third kappa shape index (κ3) is 4.05. The molecule has 0 radical (unpaired) electrons. The minimum absolute atomic E-state index is 0.344. The number of carbonyl (C=O) groups excluding carboxylic acids is 1. The number of benzene rings is 3. The predicted molar refractivity (Wildman–Crippen MR) is 123 cm³/mol. The number of esters is 1. The summed E-state index contributed by atoms with van der Waals surface area (Å²) in [5.74, 6) is -0.377. The van der Waals surface area contributed by atoms with Crippen molar-refractivity contribution in [2.24, 2.45) is 0 Å². The molecule has 1 aromatic heterocycles. The van der Waals surface area contributed by atoms with Crippen LogP contribution < -0.4 is 0 Å². The molecule has 4 heteroatoms. The van der Waals surface area contributed by atoms with Crippen molar-refractivity contribution in [1.82, 2.24) is 9.55 Å². The molecule has 0 unspecified atom stereocenters. The lowest BCUT2D eigenvalue weighted by Crippen LogP contribution is -2.36. The van der Waals surface area contributed by atoms with Crippen molar-refractivity contribution in [2.45, 2.75) is 12.5 Å². The summed E-state index contributed by atoms with van der Waals surface area (Å²) in [6.45, 7) is 2.13. The molecule has 0 aliphatic carbocycles. The number of rotatable bonds is 7. The van der Waals surface area contributed by atoms with E-state index in [-0.39, 0.29) is 5.97 Å². The molecule has 31 heavy (non-hydrogen) atoms. The summed E-state index contributed by atoms with van der Waals surface area (Å²) < 4.78 is 7.09. The van der Waals surface area contributed by atoms with Gasteiger partial charge in [-0.2, -0.15) is 0 Å². The van der Waals surface area contributed by atoms with Gasteiger partial charge in [0.1, 0.15) is 5.54 Å². The largest absolute Gasteiger partial charge is 0.463 e. The van der Waals surface area contributed by atoms with Crippen LogP contribution in [-0.4, -0.2) is 22.1 Å². The van der Waals surface area contributed by atoms with Crippen LogP contribution >= 0.6 is 0 Å². The lowest BCUT2D eigenvalue weighted by molar-refractivity contribution is -0.137. The smallest absolute Gasteiger partial charge is 0.330 e. The molecular weight excluding hydrogens is 384 g/mol. The Hall–Kier alpha value is -3.92. The van der Waals surface area contributed by atoms with Crippen LogP contribution in [-0.2, 0) is 15.1 Å². The molecule has 154 valence electrons. The van der Waals surface area contributed by atoms with E-state index in [1.54, 1.807) is 13.0 Å². The third-order valence-corrected chi connectivity index (χ3v) is 5.24. The second kappa shape index (κ2) is 9.26. The van der Waals surface area contributed by atoms with Gasteiger partial charge < -0.3 is 9.30 Å². The van der Waals surface area contributed by atoms with E-state index in [2.05, 4.69) is 82.3 Å². The van der Waals surface area contributed by atoms with Gasteiger partial charge >= 0.3 is 5.97 Å². The fraction of sp³-hybridized carbons (Fsp3) is 0.111. The van der Waals surface area contributed by atoms with Crippen LogP contribution in [0.25, 0.3) is 6.08 Å². The molecule has 1 heterocycles. The zero-order chi connectivity index (χ0) is 21.5. The van der Waals surface area contributed by atoms with E-state index in [9.17, 15) is 4.79 Å². The van der Waals surface area contributed by atoms with Crippen LogP contribution in [0.3, 0.4) is 0 Å². The van der Waals surface area contributed by atoms with Gasteiger partial charge in [-0.05, 0) is 29.7 Å². The Labute approximate surface area is 182 Å². The SMILES string of the molecule is CCOC(=O)/C=C/c1cn(C(c2ccccc2)(c2ccccc2)c2ccccc2)cn1. The Balaban J connectivity index is 1.93. The highest BCUT2D eigenvalue weighted by atomic mass is 16.5. The maximum atomic E-state index is 11.7. The number of nitrogens with zero attached hydrogens (tertiary/aromatic N) is 2. The van der Waals surface area contributed by atoms with Crippen LogP contribution in [0, 0.1) is 0 Å². The summed E-state index contributed by atoms with van der Waals surface area (Å²) in [5.41, 5.74) is 3.41. The van der Waals surface area contributed by atoms with Gasteiger partial charge in [0.15, 0.2) is 0 Å². The van der Waals surface area contributed by atoms with E-state index in [1.807, 2.05) is 30.7 Å². The molecule has 0 saturated heterocycles. The topological polar surface area (TPSA) is 44.1 Å². The van der Waals surface area contributed by atoms with Gasteiger partial charge in [-0.25, -0.2) is 9.78 Å². The summed E-state index contributed by atoms with van der Waals surface area (Å²) in [6, 6.07) is 31.2. The van der Waals surface area contributed by atoms with Crippen molar-refractivity contribution in [3.8, 4) is 0 Å². The van der Waals surface area contributed by atoms with E-state index >= 15 is 0 Å². The first-order valence-electron chi connectivity index (χ1n) is 10.3. The van der Waals surface area contributed by atoms with Crippen LogP contribution in [0.15, 0.2) is 110 Å². The number of aromatic nitrogens is 2. The molecule has 0 atom stereocenters. The second-order valence-electron chi connectivity index (χ2n) is 7.10. The van der Waals surface area contributed by atoms with Crippen LogP contribution in [0.2, 0.25) is 0 Å². The average molecular weight is 409 g/mol. The highest BCUT2D eigenvalue weighted by Gasteiger charge is 2.38. The van der Waals surface area contributed by atoms with Gasteiger partial charge in [-0.15, -0.1) is 0 Å². The third-order valence-electron chi connectivity index (χ3n) is 5.24. The minimum Gasteiger partial charge on any atom is -0.463 e. The van der Waals surface area contributed by atoms with Gasteiger partial charge in [0.25, 0.3) is 0 Å². The number of carbonyl (C=O) groups is 1. The Morgan fingerprint density at radius 1 is 0.871 bits per heavy atom. The quantitative estimate of drug-likeness (QED) is 0.237. The molecular formula is C27H24N2O2. The average Bonchev–Trinajstić information content (AvgIpc) is 3.30. The number of imidazole rings is 1. The Bertz CT molecular complexity index is 1050. The Kier molecular flexibility index (Phi) is 6.08. The molecule has 0 spiro atoms. The fourth-order valence-corrected chi connectivity index (χ4v) is 3.94. The maximum Gasteiger partial charge on any atom is 0.330 e. The van der Waals surface area contributed by atoms with Gasteiger partial charge in [0.05, 0.1) is 18.6 Å². The molecule has 0 saturated carbocycles. The van der Waals surface area contributed by atoms with E-state index in [0.717, 1.165) is 16.7 Å². The predicted octanol–water partition coefficient (Wildman–Crippen LogP) is 5.30. The summed E-state index contributed by atoms with van der Waals surface area (Å²) in [5, 5.41) is 0. The Morgan fingerprint density at radius 3 is 1.81 bits per heavy atom. The Morgan fingerprint density at radius 2 is 1.35 bits per heavy atom. The number of ether oxygens (including phenoxy) is 1. The molecule has 3 aromatic carbocycles. The van der Waals surface area contributed by atoms with Gasteiger partial charge in [-0.1, -0.05) is 91.0 Å². The van der Waals surface area contributed by atoms with E-state index in [4.69, 9.17) is 4.74 Å². The van der Waals surface area contributed by atoms with Crippen molar-refractivity contribution in [3.63, 3.8) is 0 Å².